The summed E-state index contributed by atoms with van der Waals surface area (Å²) >= 11 is 6.16. The molecule has 0 bridgehead atoms. The second-order valence-corrected chi connectivity index (χ2v) is 6.48. The van der Waals surface area contributed by atoms with Gasteiger partial charge >= 0.3 is 0 Å². The Hall–Kier alpha value is -3.06. The van der Waals surface area contributed by atoms with E-state index in [-0.39, 0.29) is 0 Å². The Kier molecular flexibility index (Phi) is 6.49. The molecule has 0 aliphatic heterocycles. The van der Waals surface area contributed by atoms with Crippen molar-refractivity contribution in [3.8, 4) is 11.5 Å². The SMILES string of the molecule is COc1ccc(CCNc2nncc(Nc3cccc(Cl)c3C)n2)cc1OC. The van der Waals surface area contributed by atoms with Gasteiger partial charge in [-0.25, -0.2) is 0 Å². The fourth-order valence-corrected chi connectivity index (χ4v) is 2.85. The Morgan fingerprint density at radius 3 is 2.68 bits per heavy atom. The molecular formula is C20H22ClN5O2. The summed E-state index contributed by atoms with van der Waals surface area (Å²) in [6, 6.07) is 11.5. The zero-order valence-electron chi connectivity index (χ0n) is 16.0. The van der Waals surface area contributed by atoms with Gasteiger partial charge in [-0.2, -0.15) is 10.1 Å². The molecule has 3 rings (SSSR count). The van der Waals surface area contributed by atoms with Crippen LogP contribution in [0.15, 0.2) is 42.6 Å². The zero-order valence-corrected chi connectivity index (χ0v) is 16.7. The second kappa shape index (κ2) is 9.23. The molecule has 28 heavy (non-hydrogen) atoms. The molecule has 2 N–H and O–H groups in total. The van der Waals surface area contributed by atoms with Crippen LogP contribution in [0.3, 0.4) is 0 Å². The molecule has 3 aromatic rings. The molecule has 0 aliphatic carbocycles. The van der Waals surface area contributed by atoms with Crippen molar-refractivity contribution in [3.63, 3.8) is 0 Å². The highest BCUT2D eigenvalue weighted by Crippen LogP contribution is 2.28. The number of nitrogens with zero attached hydrogens (tertiary/aromatic N) is 3. The molecular weight excluding hydrogens is 378 g/mol. The van der Waals surface area contributed by atoms with Gasteiger partial charge in [-0.1, -0.05) is 23.7 Å². The molecule has 0 atom stereocenters. The highest BCUT2D eigenvalue weighted by molar-refractivity contribution is 6.31. The Bertz CT molecular complexity index is 952. The number of hydrogen-bond donors (Lipinski definition) is 2. The minimum atomic E-state index is 0.449. The Balaban J connectivity index is 1.61. The van der Waals surface area contributed by atoms with Crippen molar-refractivity contribution in [1.82, 2.24) is 15.2 Å². The van der Waals surface area contributed by atoms with E-state index in [0.717, 1.165) is 23.2 Å². The number of aromatic nitrogens is 3. The number of rotatable bonds is 8. The molecule has 0 aliphatic rings. The maximum Gasteiger partial charge on any atom is 0.244 e. The van der Waals surface area contributed by atoms with Gasteiger partial charge in [0.2, 0.25) is 5.95 Å². The van der Waals surface area contributed by atoms with E-state index in [1.165, 1.54) is 0 Å². The van der Waals surface area contributed by atoms with Gasteiger partial charge < -0.3 is 20.1 Å². The minimum absolute atomic E-state index is 0.449. The third-order valence-corrected chi connectivity index (χ3v) is 4.64. The fourth-order valence-electron chi connectivity index (χ4n) is 2.67. The molecule has 8 heteroatoms. The van der Waals surface area contributed by atoms with Crippen LogP contribution < -0.4 is 20.1 Å². The zero-order chi connectivity index (χ0) is 19.9. The van der Waals surface area contributed by atoms with E-state index >= 15 is 0 Å². The van der Waals surface area contributed by atoms with Crippen molar-refractivity contribution in [2.24, 2.45) is 0 Å². The van der Waals surface area contributed by atoms with E-state index < -0.39 is 0 Å². The lowest BCUT2D eigenvalue weighted by molar-refractivity contribution is 0.354. The summed E-state index contributed by atoms with van der Waals surface area (Å²) < 4.78 is 10.6. The van der Waals surface area contributed by atoms with Crippen molar-refractivity contribution in [1.29, 1.82) is 0 Å². The van der Waals surface area contributed by atoms with E-state index in [9.17, 15) is 0 Å². The van der Waals surface area contributed by atoms with E-state index in [0.29, 0.717) is 34.8 Å². The van der Waals surface area contributed by atoms with E-state index in [2.05, 4.69) is 25.8 Å². The first-order chi connectivity index (χ1) is 13.6. The third-order valence-electron chi connectivity index (χ3n) is 4.23. The molecule has 0 spiro atoms. The van der Waals surface area contributed by atoms with Crippen LogP contribution in [-0.4, -0.2) is 35.9 Å². The highest BCUT2D eigenvalue weighted by Gasteiger charge is 2.07. The summed E-state index contributed by atoms with van der Waals surface area (Å²) in [7, 11) is 3.24. The van der Waals surface area contributed by atoms with Crippen LogP contribution in [0.25, 0.3) is 0 Å². The molecule has 0 fully saturated rings. The second-order valence-electron chi connectivity index (χ2n) is 6.07. The molecule has 7 nitrogen and oxygen atoms in total. The lowest BCUT2D eigenvalue weighted by Crippen LogP contribution is -2.10. The molecule has 0 radical (unpaired) electrons. The first-order valence-electron chi connectivity index (χ1n) is 8.77. The third kappa shape index (κ3) is 4.80. The van der Waals surface area contributed by atoms with Crippen LogP contribution in [0.1, 0.15) is 11.1 Å². The lowest BCUT2D eigenvalue weighted by Gasteiger charge is -2.11. The molecule has 0 saturated carbocycles. The molecule has 1 heterocycles. The summed E-state index contributed by atoms with van der Waals surface area (Å²) in [5.41, 5.74) is 2.94. The van der Waals surface area contributed by atoms with Gasteiger partial charge in [-0.3, -0.25) is 0 Å². The molecule has 1 aromatic heterocycles. The predicted octanol–water partition coefficient (Wildman–Crippen LogP) is 4.25. The lowest BCUT2D eigenvalue weighted by atomic mass is 10.1. The largest absolute Gasteiger partial charge is 0.493 e. The smallest absolute Gasteiger partial charge is 0.244 e. The summed E-state index contributed by atoms with van der Waals surface area (Å²) in [6.45, 7) is 2.60. The van der Waals surface area contributed by atoms with Gasteiger partial charge in [-0.05, 0) is 48.7 Å². The fraction of sp³-hybridized carbons (Fsp3) is 0.250. The van der Waals surface area contributed by atoms with E-state index in [4.69, 9.17) is 21.1 Å². The van der Waals surface area contributed by atoms with Crippen molar-refractivity contribution < 1.29 is 9.47 Å². The van der Waals surface area contributed by atoms with Crippen LogP contribution in [-0.2, 0) is 6.42 Å². The maximum absolute atomic E-state index is 6.16. The van der Waals surface area contributed by atoms with Gasteiger partial charge in [0.15, 0.2) is 17.3 Å². The number of benzene rings is 2. The van der Waals surface area contributed by atoms with Crippen LogP contribution >= 0.6 is 11.6 Å². The Morgan fingerprint density at radius 2 is 1.89 bits per heavy atom. The summed E-state index contributed by atoms with van der Waals surface area (Å²) in [6.07, 6.45) is 2.34. The van der Waals surface area contributed by atoms with Crippen LogP contribution in [0.5, 0.6) is 11.5 Å². The summed E-state index contributed by atoms with van der Waals surface area (Å²) in [5.74, 6) is 2.46. The van der Waals surface area contributed by atoms with E-state index in [1.54, 1.807) is 20.4 Å². The van der Waals surface area contributed by atoms with Crippen molar-refractivity contribution in [2.45, 2.75) is 13.3 Å². The van der Waals surface area contributed by atoms with Gasteiger partial charge in [-0.15, -0.1) is 5.10 Å². The van der Waals surface area contributed by atoms with Gasteiger partial charge in [0.05, 0.1) is 20.4 Å². The normalized spacial score (nSPS) is 10.4. The quantitative estimate of drug-likeness (QED) is 0.586. The molecule has 0 saturated heterocycles. The Morgan fingerprint density at radius 1 is 1.07 bits per heavy atom. The molecule has 2 aromatic carbocycles. The molecule has 0 amide bonds. The summed E-state index contributed by atoms with van der Waals surface area (Å²) in [5, 5.41) is 15.1. The highest BCUT2D eigenvalue weighted by atomic mass is 35.5. The van der Waals surface area contributed by atoms with E-state index in [1.807, 2.05) is 43.3 Å². The standard InChI is InChI=1S/C20H22ClN5O2/c1-13-15(21)5-4-6-16(13)24-19-12-23-26-20(25-19)22-10-9-14-7-8-17(27-2)18(11-14)28-3/h4-8,11-12H,9-10H2,1-3H3,(H2,22,24,25,26). The maximum atomic E-state index is 6.16. The van der Waals surface area contributed by atoms with Crippen molar-refractivity contribution in [3.05, 3.63) is 58.7 Å². The van der Waals surface area contributed by atoms with Crippen molar-refractivity contribution in [2.75, 3.05) is 31.4 Å². The van der Waals surface area contributed by atoms with Crippen molar-refractivity contribution >= 4 is 29.1 Å². The predicted molar refractivity (Wildman–Crippen MR) is 111 cm³/mol. The number of halogens is 1. The molecule has 0 unspecified atom stereocenters. The van der Waals surface area contributed by atoms with Crippen LogP contribution in [0, 0.1) is 6.92 Å². The topological polar surface area (TPSA) is 81.2 Å². The number of ether oxygens (including phenoxy) is 2. The number of hydrogen-bond acceptors (Lipinski definition) is 7. The van der Waals surface area contributed by atoms with Gasteiger partial charge in [0.1, 0.15) is 0 Å². The number of methoxy groups -OCH3 is 2. The Labute approximate surface area is 169 Å². The van der Waals surface area contributed by atoms with Crippen LogP contribution in [0.2, 0.25) is 5.02 Å². The number of anilines is 3. The number of nitrogens with one attached hydrogen (secondary N) is 2. The van der Waals surface area contributed by atoms with Gasteiger partial charge in [0.25, 0.3) is 0 Å². The van der Waals surface area contributed by atoms with Gasteiger partial charge in [0, 0.05) is 17.3 Å². The summed E-state index contributed by atoms with van der Waals surface area (Å²) in [4.78, 5) is 4.45. The monoisotopic (exact) mass is 399 g/mol. The first kappa shape index (κ1) is 19.7. The average Bonchev–Trinajstić information content (AvgIpc) is 2.71. The van der Waals surface area contributed by atoms with Crippen LogP contribution in [0.4, 0.5) is 17.5 Å². The molecule has 146 valence electrons. The average molecular weight is 400 g/mol. The first-order valence-corrected chi connectivity index (χ1v) is 9.15. The minimum Gasteiger partial charge on any atom is -0.493 e.